The molecule has 0 aliphatic heterocycles. The van der Waals surface area contributed by atoms with E-state index in [1.807, 2.05) is 6.92 Å². The Labute approximate surface area is 191 Å². The van der Waals surface area contributed by atoms with Crippen molar-refractivity contribution in [1.82, 2.24) is 9.73 Å². The van der Waals surface area contributed by atoms with Gasteiger partial charge in [0, 0.05) is 17.1 Å². The van der Waals surface area contributed by atoms with Gasteiger partial charge in [0.15, 0.2) is 0 Å². The molecule has 6 nitrogen and oxygen atoms in total. The number of hydrazone groups is 1. The smallest absolute Gasteiger partial charge is 0.255 e. The highest BCUT2D eigenvalue weighted by Gasteiger charge is 2.27. The zero-order chi connectivity index (χ0) is 23.1. The highest BCUT2D eigenvalue weighted by molar-refractivity contribution is 7.89. The van der Waals surface area contributed by atoms with E-state index in [1.165, 1.54) is 30.3 Å². The number of carbonyl (C=O) groups excluding carboxylic acids is 1. The second-order valence-electron chi connectivity index (χ2n) is 7.03. The van der Waals surface area contributed by atoms with E-state index in [9.17, 15) is 17.6 Å². The van der Waals surface area contributed by atoms with Crippen molar-refractivity contribution in [2.75, 3.05) is 6.54 Å². The second kappa shape index (κ2) is 10.5. The minimum Gasteiger partial charge on any atom is -0.272 e. The van der Waals surface area contributed by atoms with Crippen molar-refractivity contribution in [3.8, 4) is 0 Å². The number of aryl methyl sites for hydroxylation is 1. The lowest BCUT2D eigenvalue weighted by molar-refractivity contribution is -0.121. The lowest BCUT2D eigenvalue weighted by atomic mass is 10.2. The summed E-state index contributed by atoms with van der Waals surface area (Å²) in [5, 5.41) is 4.19. The van der Waals surface area contributed by atoms with Crippen LogP contribution in [-0.4, -0.2) is 31.4 Å². The lowest BCUT2D eigenvalue weighted by Crippen LogP contribution is -2.39. The van der Waals surface area contributed by atoms with Crippen LogP contribution >= 0.6 is 11.6 Å². The number of rotatable bonds is 8. The fourth-order valence-corrected chi connectivity index (χ4v) is 4.47. The van der Waals surface area contributed by atoms with E-state index in [0.717, 1.165) is 16.1 Å². The summed E-state index contributed by atoms with van der Waals surface area (Å²) in [6.45, 7) is 1.29. The van der Waals surface area contributed by atoms with E-state index in [-0.39, 0.29) is 17.0 Å². The molecule has 0 unspecified atom stereocenters. The third-order valence-corrected chi connectivity index (χ3v) is 6.57. The maximum absolute atomic E-state index is 13.7. The first-order valence-corrected chi connectivity index (χ1v) is 11.5. The number of hydrogen-bond acceptors (Lipinski definition) is 4. The molecule has 0 aliphatic rings. The van der Waals surface area contributed by atoms with Gasteiger partial charge in [-0.25, -0.2) is 18.2 Å². The van der Waals surface area contributed by atoms with Crippen molar-refractivity contribution < 1.29 is 17.6 Å². The summed E-state index contributed by atoms with van der Waals surface area (Å²) in [5.74, 6) is -1.16. The van der Waals surface area contributed by atoms with Crippen molar-refractivity contribution >= 4 is 33.7 Å². The topological polar surface area (TPSA) is 78.8 Å². The van der Waals surface area contributed by atoms with Crippen molar-refractivity contribution in [3.05, 3.63) is 100 Å². The predicted octanol–water partition coefficient (Wildman–Crippen LogP) is 4.13. The Balaban J connectivity index is 1.81. The molecular formula is C23H21ClFN3O3S. The van der Waals surface area contributed by atoms with E-state index in [1.54, 1.807) is 42.5 Å². The molecule has 0 fully saturated rings. The van der Waals surface area contributed by atoms with Gasteiger partial charge in [0.05, 0.1) is 17.7 Å². The molecule has 0 radical (unpaired) electrons. The average Bonchev–Trinajstić information content (AvgIpc) is 2.75. The Hall–Kier alpha value is -3.07. The summed E-state index contributed by atoms with van der Waals surface area (Å²) < 4.78 is 41.2. The van der Waals surface area contributed by atoms with Crippen LogP contribution in [0.3, 0.4) is 0 Å². The summed E-state index contributed by atoms with van der Waals surface area (Å²) in [5.41, 5.74) is 3.97. The molecule has 3 aromatic rings. The number of nitrogens with zero attached hydrogens (tertiary/aromatic N) is 2. The molecule has 0 aliphatic carbocycles. The zero-order valence-corrected chi connectivity index (χ0v) is 18.8. The molecule has 0 spiro atoms. The van der Waals surface area contributed by atoms with E-state index < -0.39 is 28.3 Å². The first-order valence-electron chi connectivity index (χ1n) is 9.63. The molecule has 0 saturated heterocycles. The van der Waals surface area contributed by atoms with Gasteiger partial charge in [0.25, 0.3) is 5.91 Å². The third-order valence-electron chi connectivity index (χ3n) is 4.52. The second-order valence-corrected chi connectivity index (χ2v) is 9.41. The minimum atomic E-state index is -3.99. The SMILES string of the molecule is Cc1ccc(S(=O)(=O)N(CC(=O)N/N=C\c2ccccc2F)Cc2cccc(Cl)c2)cc1. The number of sulfonamides is 1. The molecule has 3 aromatic carbocycles. The van der Waals surface area contributed by atoms with Crippen LogP contribution in [0.1, 0.15) is 16.7 Å². The van der Waals surface area contributed by atoms with Crippen LogP contribution in [0, 0.1) is 12.7 Å². The van der Waals surface area contributed by atoms with Crippen LogP contribution in [0.25, 0.3) is 0 Å². The monoisotopic (exact) mass is 473 g/mol. The maximum atomic E-state index is 13.7. The van der Waals surface area contributed by atoms with Gasteiger partial charge in [0.1, 0.15) is 5.82 Å². The van der Waals surface area contributed by atoms with Gasteiger partial charge in [-0.15, -0.1) is 0 Å². The standard InChI is InChI=1S/C23H21ClFN3O3S/c1-17-9-11-21(12-10-17)32(30,31)28(15-18-5-4-7-20(24)13-18)16-23(29)27-26-14-19-6-2-3-8-22(19)25/h2-14H,15-16H2,1H3,(H,27,29)/b26-14-. The van der Waals surface area contributed by atoms with Crippen molar-refractivity contribution in [2.24, 2.45) is 5.10 Å². The highest BCUT2D eigenvalue weighted by atomic mass is 35.5. The third kappa shape index (κ3) is 6.23. The average molecular weight is 474 g/mol. The fraction of sp³-hybridized carbons (Fsp3) is 0.130. The van der Waals surface area contributed by atoms with Gasteiger partial charge in [0.2, 0.25) is 10.0 Å². The Morgan fingerprint density at radius 2 is 1.81 bits per heavy atom. The maximum Gasteiger partial charge on any atom is 0.255 e. The molecule has 0 bridgehead atoms. The summed E-state index contributed by atoms with van der Waals surface area (Å²) in [6, 6.07) is 19.0. The van der Waals surface area contributed by atoms with Crippen molar-refractivity contribution in [3.63, 3.8) is 0 Å². The normalized spacial score (nSPS) is 11.8. The van der Waals surface area contributed by atoms with Crippen LogP contribution in [-0.2, 0) is 21.4 Å². The molecule has 3 rings (SSSR count). The number of hydrogen-bond donors (Lipinski definition) is 1. The molecule has 0 heterocycles. The van der Waals surface area contributed by atoms with Gasteiger partial charge >= 0.3 is 0 Å². The van der Waals surface area contributed by atoms with Crippen molar-refractivity contribution in [1.29, 1.82) is 0 Å². The molecule has 0 atom stereocenters. The number of halogens is 2. The first-order chi connectivity index (χ1) is 15.3. The van der Waals surface area contributed by atoms with E-state index in [2.05, 4.69) is 10.5 Å². The Bertz CT molecular complexity index is 1230. The fourth-order valence-electron chi connectivity index (χ4n) is 2.87. The molecule has 9 heteroatoms. The predicted molar refractivity (Wildman–Crippen MR) is 122 cm³/mol. The summed E-state index contributed by atoms with van der Waals surface area (Å²) >= 11 is 6.03. The molecule has 0 saturated carbocycles. The number of benzene rings is 3. The summed E-state index contributed by atoms with van der Waals surface area (Å²) in [7, 11) is -3.99. The van der Waals surface area contributed by atoms with Gasteiger partial charge < -0.3 is 0 Å². The molecule has 1 N–H and O–H groups in total. The molecule has 1 amide bonds. The van der Waals surface area contributed by atoms with E-state index in [0.29, 0.717) is 10.6 Å². The number of nitrogens with one attached hydrogen (secondary N) is 1. The summed E-state index contributed by atoms with van der Waals surface area (Å²) in [4.78, 5) is 12.5. The molecule has 0 aromatic heterocycles. The van der Waals surface area contributed by atoms with Gasteiger partial charge in [-0.05, 0) is 42.8 Å². The number of carbonyl (C=O) groups is 1. The van der Waals surface area contributed by atoms with Gasteiger partial charge in [-0.1, -0.05) is 59.6 Å². The molecular weight excluding hydrogens is 453 g/mol. The molecule has 166 valence electrons. The van der Waals surface area contributed by atoms with Crippen LogP contribution in [0.2, 0.25) is 5.02 Å². The molecule has 32 heavy (non-hydrogen) atoms. The number of amides is 1. The quantitative estimate of drug-likeness (QED) is 0.394. The summed E-state index contributed by atoms with van der Waals surface area (Å²) in [6.07, 6.45) is 1.16. The minimum absolute atomic E-state index is 0.0628. The van der Waals surface area contributed by atoms with Crippen LogP contribution < -0.4 is 5.43 Å². The zero-order valence-electron chi connectivity index (χ0n) is 17.2. The van der Waals surface area contributed by atoms with Gasteiger partial charge in [-0.3, -0.25) is 4.79 Å². The Kier molecular flexibility index (Phi) is 7.74. The van der Waals surface area contributed by atoms with Crippen LogP contribution in [0.15, 0.2) is 82.8 Å². The van der Waals surface area contributed by atoms with Crippen molar-refractivity contribution in [2.45, 2.75) is 18.4 Å². The van der Waals surface area contributed by atoms with Crippen LogP contribution in [0.4, 0.5) is 4.39 Å². The lowest BCUT2D eigenvalue weighted by Gasteiger charge is -2.21. The highest BCUT2D eigenvalue weighted by Crippen LogP contribution is 2.20. The Morgan fingerprint density at radius 1 is 1.09 bits per heavy atom. The first kappa shape index (κ1) is 23.6. The van der Waals surface area contributed by atoms with Gasteiger partial charge in [-0.2, -0.15) is 9.41 Å². The van der Waals surface area contributed by atoms with E-state index >= 15 is 0 Å². The largest absolute Gasteiger partial charge is 0.272 e. The van der Waals surface area contributed by atoms with E-state index in [4.69, 9.17) is 11.6 Å². The van der Waals surface area contributed by atoms with Crippen LogP contribution in [0.5, 0.6) is 0 Å². The Morgan fingerprint density at radius 3 is 2.50 bits per heavy atom.